The molecule has 5 aromatic rings. The van der Waals surface area contributed by atoms with Gasteiger partial charge in [-0.2, -0.15) is 0 Å². The van der Waals surface area contributed by atoms with Crippen molar-refractivity contribution in [1.29, 1.82) is 0 Å². The van der Waals surface area contributed by atoms with Crippen molar-refractivity contribution in [3.63, 3.8) is 0 Å². The number of furan rings is 1. The van der Waals surface area contributed by atoms with Gasteiger partial charge in [0.25, 0.3) is 0 Å². The van der Waals surface area contributed by atoms with Gasteiger partial charge in [-0.1, -0.05) is 109 Å². The predicted molar refractivity (Wildman–Crippen MR) is 204 cm³/mol. The summed E-state index contributed by atoms with van der Waals surface area (Å²) in [7, 11) is -1.43. The molecule has 4 nitrogen and oxygen atoms in total. The second-order valence-corrected chi connectivity index (χ2v) is 20.2. The van der Waals surface area contributed by atoms with Crippen molar-refractivity contribution in [3.05, 3.63) is 83.5 Å². The topological polar surface area (TPSA) is 63.3 Å². The van der Waals surface area contributed by atoms with E-state index in [4.69, 9.17) is 9.40 Å². The first-order valence-corrected chi connectivity index (χ1v) is 21.0. The number of rotatable bonds is 9. The number of aliphatic hydroxyl groups excluding tert-OH is 1. The van der Waals surface area contributed by atoms with Gasteiger partial charge < -0.3 is 14.5 Å². The van der Waals surface area contributed by atoms with Crippen LogP contribution in [0.25, 0.3) is 44.0 Å². The molecular weight excluding hydrogens is 806 g/mol. The quantitative estimate of drug-likeness (QED) is 0.0694. The number of halogens is 1. The van der Waals surface area contributed by atoms with E-state index in [1.54, 1.807) is 0 Å². The zero-order valence-corrected chi connectivity index (χ0v) is 34.5. The number of ketones is 1. The molecule has 3 aromatic carbocycles. The Morgan fingerprint density at radius 3 is 2.14 bits per heavy atom. The summed E-state index contributed by atoms with van der Waals surface area (Å²) in [5, 5.41) is 15.3. The van der Waals surface area contributed by atoms with Crippen LogP contribution < -0.4 is 5.19 Å². The summed E-state index contributed by atoms with van der Waals surface area (Å²) < 4.78 is 21.2. The molecule has 0 fully saturated rings. The summed E-state index contributed by atoms with van der Waals surface area (Å²) in [6, 6.07) is 17.8. The number of pyridine rings is 1. The van der Waals surface area contributed by atoms with E-state index in [0.29, 0.717) is 16.7 Å². The van der Waals surface area contributed by atoms with Gasteiger partial charge in [0.1, 0.15) is 11.4 Å². The zero-order chi connectivity index (χ0) is 35.6. The van der Waals surface area contributed by atoms with E-state index in [9.17, 15) is 14.3 Å². The van der Waals surface area contributed by atoms with E-state index in [2.05, 4.69) is 56.0 Å². The van der Waals surface area contributed by atoms with E-state index >= 15 is 0 Å². The Hall–Kier alpha value is -3.12. The molecule has 0 saturated carbocycles. The first-order valence-electron chi connectivity index (χ1n) is 17.5. The average molecular weight is 859 g/mol. The molecule has 0 atom stereocenters. The third kappa shape index (κ3) is 8.97. The van der Waals surface area contributed by atoms with Gasteiger partial charge >= 0.3 is 0 Å². The number of hydrogen-bond donors (Lipinski definition) is 1. The van der Waals surface area contributed by atoms with Crippen LogP contribution in [0.15, 0.2) is 64.9 Å². The van der Waals surface area contributed by atoms with Crippen LogP contribution in [0, 0.1) is 30.6 Å². The van der Waals surface area contributed by atoms with Gasteiger partial charge in [-0.05, 0) is 65.3 Å². The zero-order valence-electron chi connectivity index (χ0n) is 31.1. The van der Waals surface area contributed by atoms with Crippen molar-refractivity contribution in [3.8, 4) is 11.3 Å². The minimum Gasteiger partial charge on any atom is -0.512 e. The number of allylic oxidation sites excluding steroid dienone is 2. The first kappa shape index (κ1) is 40.3. The average Bonchev–Trinajstić information content (AvgIpc) is 3.37. The number of hydrogen-bond acceptors (Lipinski definition) is 4. The fraction of sp³-hybridized carbons (Fsp3) is 0.429. The smallest absolute Gasteiger partial charge is 0.162 e. The van der Waals surface area contributed by atoms with Crippen LogP contribution in [-0.4, -0.2) is 23.9 Å². The number of aliphatic hydroxyl groups is 1. The fourth-order valence-corrected chi connectivity index (χ4v) is 7.51. The molecule has 0 unspecified atom stereocenters. The standard InChI is InChI=1S/C29H29FNOSi.C13H24O2.Ir/c1-17-12-22-21-15-24(29(2,3)4)25(30)16-26(21)32-28(22)23(13-17)27-20-9-8-19(33(5,6)7)14-18(20)10-11-31-27;1-5-10(6-2)12(14)9-13(15)11(7-3)8-4;/h8-12,14-16H,1-7H3;9-11,14H,5-8H2,1-4H3;/q-1;;/b;12-9-;. The van der Waals surface area contributed by atoms with Gasteiger partial charge in [0, 0.05) is 55.7 Å². The molecule has 7 heteroatoms. The van der Waals surface area contributed by atoms with Crippen molar-refractivity contribution >= 4 is 51.8 Å². The Kier molecular flexibility index (Phi) is 13.4. The molecule has 1 radical (unpaired) electrons. The molecule has 2 heterocycles. The molecule has 49 heavy (non-hydrogen) atoms. The van der Waals surface area contributed by atoms with E-state index in [1.807, 2.05) is 67.7 Å². The number of benzene rings is 3. The number of aromatic nitrogens is 1. The Bertz CT molecular complexity index is 1960. The Morgan fingerprint density at radius 1 is 0.939 bits per heavy atom. The van der Waals surface area contributed by atoms with Crippen molar-refractivity contribution < 1.29 is 38.8 Å². The molecule has 0 saturated heterocycles. The molecular formula is C42H53FIrNO3Si-. The molecule has 2 aromatic heterocycles. The van der Waals surface area contributed by atoms with Crippen LogP contribution in [0.1, 0.15) is 85.3 Å². The maximum absolute atomic E-state index is 14.9. The van der Waals surface area contributed by atoms with Crippen LogP contribution in [0.3, 0.4) is 0 Å². The van der Waals surface area contributed by atoms with Gasteiger partial charge in [0.15, 0.2) is 5.78 Å². The third-order valence-corrected chi connectivity index (χ3v) is 11.5. The fourth-order valence-electron chi connectivity index (χ4n) is 6.34. The Morgan fingerprint density at radius 2 is 1.57 bits per heavy atom. The molecule has 0 amide bonds. The summed E-state index contributed by atoms with van der Waals surface area (Å²) >= 11 is 0. The maximum Gasteiger partial charge on any atom is 0.162 e. The summed E-state index contributed by atoms with van der Waals surface area (Å²) in [6.07, 6.45) is 6.76. The first-order chi connectivity index (χ1) is 22.5. The molecule has 0 bridgehead atoms. The Balaban J connectivity index is 0.000000347. The number of fused-ring (bicyclic) bond motifs is 4. The number of carbonyl (C=O) groups excluding carboxylic acids is 1. The molecule has 0 aliphatic heterocycles. The van der Waals surface area contributed by atoms with Crippen LogP contribution in [0.4, 0.5) is 4.39 Å². The van der Waals surface area contributed by atoms with Crippen molar-refractivity contribution in [1.82, 2.24) is 4.98 Å². The van der Waals surface area contributed by atoms with Crippen molar-refractivity contribution in [2.45, 2.75) is 106 Å². The third-order valence-electron chi connectivity index (χ3n) is 9.48. The number of carbonyl (C=O) groups is 1. The van der Waals surface area contributed by atoms with Gasteiger partial charge in [-0.15, -0.1) is 17.7 Å². The van der Waals surface area contributed by atoms with Crippen LogP contribution >= 0.6 is 0 Å². The van der Waals surface area contributed by atoms with Crippen LogP contribution in [0.5, 0.6) is 0 Å². The van der Waals surface area contributed by atoms with E-state index in [-0.39, 0.29) is 54.7 Å². The van der Waals surface area contributed by atoms with Gasteiger partial charge in [-0.3, -0.25) is 4.79 Å². The van der Waals surface area contributed by atoms with Gasteiger partial charge in [-0.25, -0.2) is 4.39 Å². The van der Waals surface area contributed by atoms with Gasteiger partial charge in [0.2, 0.25) is 0 Å². The Labute approximate surface area is 307 Å². The second kappa shape index (κ2) is 16.3. The maximum atomic E-state index is 14.9. The largest absolute Gasteiger partial charge is 0.512 e. The van der Waals surface area contributed by atoms with E-state index < -0.39 is 8.07 Å². The van der Waals surface area contributed by atoms with E-state index in [1.165, 1.54) is 22.7 Å². The molecule has 265 valence electrons. The monoisotopic (exact) mass is 859 g/mol. The van der Waals surface area contributed by atoms with Crippen molar-refractivity contribution in [2.24, 2.45) is 11.8 Å². The van der Waals surface area contributed by atoms with E-state index in [0.717, 1.165) is 58.7 Å². The molecule has 0 spiro atoms. The SMILES string of the molecule is CCC(CC)C(=O)/C=C(\O)C(CC)CC.Cc1[c-]c(-c2nccc3cc([Si](C)(C)C)ccc23)c2oc3cc(F)c(C(C)(C)C)cc3c2c1.[Ir]. The molecule has 1 N–H and O–H groups in total. The summed E-state index contributed by atoms with van der Waals surface area (Å²) in [6.45, 7) is 23.2. The minimum absolute atomic E-state index is 0. The molecule has 0 aliphatic rings. The van der Waals surface area contributed by atoms with Crippen molar-refractivity contribution in [2.75, 3.05) is 0 Å². The second-order valence-electron chi connectivity index (χ2n) is 15.1. The number of aryl methyl sites for hydroxylation is 1. The molecule has 0 aliphatic carbocycles. The van der Waals surface area contributed by atoms with Crippen LogP contribution in [0.2, 0.25) is 19.6 Å². The summed E-state index contributed by atoms with van der Waals surface area (Å²) in [4.78, 5) is 16.5. The molecule has 5 rings (SSSR count). The summed E-state index contributed by atoms with van der Waals surface area (Å²) in [5.41, 5.74) is 4.31. The van der Waals surface area contributed by atoms with Gasteiger partial charge in [0.05, 0.1) is 19.4 Å². The predicted octanol–water partition coefficient (Wildman–Crippen LogP) is 11.8. The summed E-state index contributed by atoms with van der Waals surface area (Å²) in [5.74, 6) is 0.310. The normalized spacial score (nSPS) is 12.5. The van der Waals surface area contributed by atoms with Crippen LogP contribution in [-0.2, 0) is 30.3 Å². The minimum atomic E-state index is -1.43. The number of nitrogens with zero attached hydrogens (tertiary/aromatic N) is 1.